The Bertz CT molecular complexity index is 341. The summed E-state index contributed by atoms with van der Waals surface area (Å²) < 4.78 is 5.53. The molecule has 3 heteroatoms. The first-order chi connectivity index (χ1) is 6.77. The van der Waals surface area contributed by atoms with Crippen molar-refractivity contribution in [2.24, 2.45) is 10.9 Å². The van der Waals surface area contributed by atoms with Crippen LogP contribution in [0.3, 0.4) is 0 Å². The van der Waals surface area contributed by atoms with Gasteiger partial charge in [0, 0.05) is 30.9 Å². The molecule has 0 bridgehead atoms. The van der Waals surface area contributed by atoms with Crippen LogP contribution in [0.5, 0.6) is 0 Å². The molecule has 1 atom stereocenters. The number of aliphatic imine (C=N–C) groups is 1. The van der Waals surface area contributed by atoms with Crippen LogP contribution in [0.25, 0.3) is 0 Å². The van der Waals surface area contributed by atoms with E-state index in [1.54, 1.807) is 0 Å². The van der Waals surface area contributed by atoms with E-state index in [1.807, 2.05) is 24.3 Å². The van der Waals surface area contributed by atoms with Gasteiger partial charge in [0.1, 0.15) is 6.61 Å². The smallest absolute Gasteiger partial charge is 0.217 e. The summed E-state index contributed by atoms with van der Waals surface area (Å²) in [6.45, 7) is 5.03. The van der Waals surface area contributed by atoms with Gasteiger partial charge in [-0.2, -0.15) is 0 Å². The third kappa shape index (κ3) is 4.70. The fourth-order valence-electron chi connectivity index (χ4n) is 1.40. The summed E-state index contributed by atoms with van der Waals surface area (Å²) in [5.41, 5.74) is 0.954. The molecule has 2 nitrogen and oxygen atoms in total. The van der Waals surface area contributed by atoms with Gasteiger partial charge in [-0.05, 0) is 18.1 Å². The van der Waals surface area contributed by atoms with E-state index in [9.17, 15) is 0 Å². The number of hydrogen-bond donors (Lipinski definition) is 0. The van der Waals surface area contributed by atoms with Crippen molar-refractivity contribution in [3.63, 3.8) is 0 Å². The number of nitrogens with zero attached hydrogens (tertiary/aromatic N) is 1. The Morgan fingerprint density at radius 2 is 2.12 bits per heavy atom. The van der Waals surface area contributed by atoms with E-state index < -0.39 is 0 Å². The van der Waals surface area contributed by atoms with Gasteiger partial charge in [0.2, 0.25) is 5.90 Å². The van der Waals surface area contributed by atoms with E-state index in [0.717, 1.165) is 11.5 Å². The van der Waals surface area contributed by atoms with Crippen molar-refractivity contribution in [3.8, 4) is 0 Å². The van der Waals surface area contributed by atoms with Crippen molar-refractivity contribution >= 4 is 29.8 Å². The third-order valence-electron chi connectivity index (χ3n) is 2.38. The molecule has 0 saturated heterocycles. The molecule has 0 aromatic heterocycles. The molecule has 1 aromatic rings. The zero-order valence-corrected chi connectivity index (χ0v) is 11.9. The zero-order valence-electron chi connectivity index (χ0n) is 9.03. The Morgan fingerprint density at radius 1 is 1.41 bits per heavy atom. The van der Waals surface area contributed by atoms with Gasteiger partial charge in [0.25, 0.3) is 0 Å². The maximum Gasteiger partial charge on any atom is 0.217 e. The van der Waals surface area contributed by atoms with Crippen LogP contribution in [-0.4, -0.2) is 42.5 Å². The summed E-state index contributed by atoms with van der Waals surface area (Å²) in [5, 5.41) is 0. The van der Waals surface area contributed by atoms with Crippen molar-refractivity contribution in [2.45, 2.75) is 34.7 Å². The maximum absolute atomic E-state index is 5.53. The SMILES string of the molecule is C.C.CC(C)[C@H]1COC(c2[c]cccc2)=N1.[HH].[Sn]. The Kier molecular flexibility index (Phi) is 9.49. The average Bonchev–Trinajstić information content (AvgIpc) is 2.68. The molecule has 1 heterocycles. The summed E-state index contributed by atoms with van der Waals surface area (Å²) in [7, 11) is 0. The number of benzene rings is 1. The molecule has 0 aliphatic carbocycles. The first-order valence-corrected chi connectivity index (χ1v) is 4.95. The number of ether oxygens (including phenoxy) is 1. The standard InChI is InChI=1S/C12H14NO.2CH4.Sn.H2/c1-9(2)11-8-14-12(13-11)10-6-4-3-5-7-10;;;;/h3-6,9,11H,8H2,1-2H3;2*1H4;;1H/t11-;;;;/m1..../s1. The molecule has 0 amide bonds. The van der Waals surface area contributed by atoms with Gasteiger partial charge < -0.3 is 4.74 Å². The van der Waals surface area contributed by atoms with Gasteiger partial charge in [0.05, 0.1) is 6.04 Å². The van der Waals surface area contributed by atoms with Crippen molar-refractivity contribution in [2.75, 3.05) is 6.61 Å². The molecule has 1 aliphatic rings. The predicted molar refractivity (Wildman–Crippen MR) is 77.7 cm³/mol. The van der Waals surface area contributed by atoms with Crippen molar-refractivity contribution < 1.29 is 6.16 Å². The van der Waals surface area contributed by atoms with E-state index in [-0.39, 0.29) is 40.2 Å². The average molecular weight is 341 g/mol. The molecule has 95 valence electrons. The van der Waals surface area contributed by atoms with Crippen LogP contribution in [0.1, 0.15) is 35.7 Å². The molecule has 1 aromatic carbocycles. The van der Waals surface area contributed by atoms with Gasteiger partial charge in [-0.3, -0.25) is 0 Å². The van der Waals surface area contributed by atoms with Crippen LogP contribution in [0.4, 0.5) is 0 Å². The largest absolute Gasteiger partial charge is 0.475 e. The molecular formula is C14H24NOSn. The summed E-state index contributed by atoms with van der Waals surface area (Å²) in [6.07, 6.45) is 0. The second-order valence-corrected chi connectivity index (χ2v) is 3.83. The number of rotatable bonds is 2. The summed E-state index contributed by atoms with van der Waals surface area (Å²) in [6, 6.07) is 11.2. The van der Waals surface area contributed by atoms with Crippen molar-refractivity contribution in [1.82, 2.24) is 0 Å². The maximum atomic E-state index is 5.53. The Balaban J connectivity index is -0.000000562. The van der Waals surface area contributed by atoms with Crippen LogP contribution in [0.15, 0.2) is 29.3 Å². The van der Waals surface area contributed by atoms with Crippen LogP contribution < -0.4 is 0 Å². The van der Waals surface area contributed by atoms with Crippen LogP contribution in [-0.2, 0) is 4.74 Å². The molecule has 0 N–H and O–H groups in total. The van der Waals surface area contributed by atoms with Gasteiger partial charge in [0.15, 0.2) is 0 Å². The topological polar surface area (TPSA) is 21.6 Å². The van der Waals surface area contributed by atoms with Gasteiger partial charge in [-0.1, -0.05) is 46.9 Å². The molecule has 0 spiro atoms. The molecule has 0 saturated carbocycles. The van der Waals surface area contributed by atoms with Crippen LogP contribution >= 0.6 is 0 Å². The Morgan fingerprint density at radius 3 is 2.59 bits per heavy atom. The van der Waals surface area contributed by atoms with Crippen molar-refractivity contribution in [1.29, 1.82) is 0 Å². The van der Waals surface area contributed by atoms with Gasteiger partial charge >= 0.3 is 0 Å². The normalized spacial score (nSPS) is 17.1. The zero-order chi connectivity index (χ0) is 9.97. The molecule has 17 heavy (non-hydrogen) atoms. The monoisotopic (exact) mass is 342 g/mol. The molecular weight excluding hydrogens is 317 g/mol. The summed E-state index contributed by atoms with van der Waals surface area (Å²) in [4.78, 5) is 4.52. The minimum absolute atomic E-state index is 0. The second-order valence-electron chi connectivity index (χ2n) is 3.83. The second kappa shape index (κ2) is 8.56. The first-order valence-electron chi connectivity index (χ1n) is 4.95. The Labute approximate surface area is 124 Å². The Hall–Kier alpha value is -0.511. The van der Waals surface area contributed by atoms with Gasteiger partial charge in [-0.15, -0.1) is 0 Å². The molecule has 0 fully saturated rings. The van der Waals surface area contributed by atoms with Crippen molar-refractivity contribution in [3.05, 3.63) is 35.9 Å². The fourth-order valence-corrected chi connectivity index (χ4v) is 1.40. The first kappa shape index (κ1) is 18.8. The minimum atomic E-state index is 0. The molecule has 0 unspecified atom stereocenters. The fraction of sp³-hybridized carbons (Fsp3) is 0.500. The van der Waals surface area contributed by atoms with E-state index >= 15 is 0 Å². The van der Waals surface area contributed by atoms with E-state index in [0.29, 0.717) is 18.6 Å². The molecule has 1 aliphatic heterocycles. The molecule has 2 rings (SSSR count). The van der Waals surface area contributed by atoms with Gasteiger partial charge in [-0.25, -0.2) is 4.99 Å². The quantitative estimate of drug-likeness (QED) is 0.756. The van der Waals surface area contributed by atoms with Crippen LogP contribution in [0.2, 0.25) is 0 Å². The minimum Gasteiger partial charge on any atom is -0.475 e. The third-order valence-corrected chi connectivity index (χ3v) is 2.38. The number of hydrogen-bond acceptors (Lipinski definition) is 2. The summed E-state index contributed by atoms with van der Waals surface area (Å²) in [5.74, 6) is 1.28. The van der Waals surface area contributed by atoms with E-state index in [1.165, 1.54) is 0 Å². The summed E-state index contributed by atoms with van der Waals surface area (Å²) >= 11 is 0. The van der Waals surface area contributed by atoms with E-state index in [4.69, 9.17) is 4.74 Å². The van der Waals surface area contributed by atoms with Crippen LogP contribution in [0, 0.1) is 12.0 Å². The predicted octanol–water partition coefficient (Wildman–Crippen LogP) is 3.43. The molecule has 5 radical (unpaired) electrons. The van der Waals surface area contributed by atoms with E-state index in [2.05, 4.69) is 24.9 Å².